The first-order chi connectivity index (χ1) is 16.1. The zero-order chi connectivity index (χ0) is 24.9. The van der Waals surface area contributed by atoms with Gasteiger partial charge < -0.3 is 19.7 Å². The Hall–Kier alpha value is -3.87. The van der Waals surface area contributed by atoms with E-state index >= 15 is 0 Å². The molecular weight excluding hydrogens is 475 g/mol. The molecule has 0 saturated heterocycles. The maximum Gasteiger partial charge on any atom is 0.573 e. The number of likely N-dealkylation sites (N-methyl/N-ethyl adjacent to an activating group) is 1. The van der Waals surface area contributed by atoms with Crippen molar-refractivity contribution in [1.82, 2.24) is 19.7 Å². The van der Waals surface area contributed by atoms with E-state index in [1.807, 2.05) is 0 Å². The molecule has 1 aromatic heterocycles. The molecule has 0 unspecified atom stereocenters. The number of nitrogens with zero attached hydrogens (tertiary/aromatic N) is 3. The summed E-state index contributed by atoms with van der Waals surface area (Å²) in [6.45, 7) is -0.452. The summed E-state index contributed by atoms with van der Waals surface area (Å²) in [6, 6.07) is 11.7. The van der Waals surface area contributed by atoms with Crippen LogP contribution in [0.5, 0.6) is 11.5 Å². The number of methoxy groups -OCH3 is 1. The molecule has 180 valence electrons. The molecule has 0 radical (unpaired) electrons. The number of benzene rings is 2. The highest BCUT2D eigenvalue weighted by Gasteiger charge is 2.31. The highest BCUT2D eigenvalue weighted by atomic mass is 32.1. The lowest BCUT2D eigenvalue weighted by atomic mass is 10.2. The fourth-order valence-electron chi connectivity index (χ4n) is 2.92. The quantitative estimate of drug-likeness (QED) is 0.463. The Bertz CT molecular complexity index is 1210. The zero-order valence-electron chi connectivity index (χ0n) is 18.0. The van der Waals surface area contributed by atoms with Gasteiger partial charge in [-0.05, 0) is 60.7 Å². The van der Waals surface area contributed by atoms with E-state index < -0.39 is 23.9 Å². The van der Waals surface area contributed by atoms with Crippen molar-refractivity contribution in [3.05, 3.63) is 53.3 Å². The first kappa shape index (κ1) is 24.8. The molecule has 3 aromatic rings. The van der Waals surface area contributed by atoms with E-state index in [-0.39, 0.29) is 23.5 Å². The molecule has 2 aromatic carbocycles. The summed E-state index contributed by atoms with van der Waals surface area (Å²) >= 11 is 5.23. The van der Waals surface area contributed by atoms with Gasteiger partial charge in [0.15, 0.2) is 10.6 Å². The molecule has 0 aliphatic heterocycles. The van der Waals surface area contributed by atoms with Crippen LogP contribution in [0.4, 0.5) is 18.9 Å². The number of aromatic nitrogens is 3. The van der Waals surface area contributed by atoms with Crippen LogP contribution >= 0.6 is 12.2 Å². The second-order valence-electron chi connectivity index (χ2n) is 7.04. The molecular formula is C21H20F3N5O4S. The van der Waals surface area contributed by atoms with E-state index in [0.717, 1.165) is 12.1 Å². The predicted molar refractivity (Wildman–Crippen MR) is 119 cm³/mol. The van der Waals surface area contributed by atoms with Crippen molar-refractivity contribution in [1.29, 1.82) is 0 Å². The van der Waals surface area contributed by atoms with Crippen molar-refractivity contribution in [3.63, 3.8) is 0 Å². The lowest BCUT2D eigenvalue weighted by Crippen LogP contribution is -2.37. The first-order valence-electron chi connectivity index (χ1n) is 9.75. The van der Waals surface area contributed by atoms with Crippen LogP contribution < -0.4 is 14.8 Å². The average molecular weight is 495 g/mol. The van der Waals surface area contributed by atoms with Crippen molar-refractivity contribution in [2.24, 2.45) is 0 Å². The van der Waals surface area contributed by atoms with Crippen LogP contribution in [0, 0.1) is 4.77 Å². The van der Waals surface area contributed by atoms with E-state index in [9.17, 15) is 22.8 Å². The van der Waals surface area contributed by atoms with Crippen LogP contribution in [0.3, 0.4) is 0 Å². The number of alkyl halides is 3. The first-order valence-corrected chi connectivity index (χ1v) is 10.2. The van der Waals surface area contributed by atoms with Gasteiger partial charge in [0.25, 0.3) is 0 Å². The number of amides is 2. The highest BCUT2D eigenvalue weighted by Crippen LogP contribution is 2.24. The number of ether oxygens (including phenoxy) is 2. The number of aromatic amines is 1. The molecule has 0 fully saturated rings. The smallest absolute Gasteiger partial charge is 0.497 e. The second-order valence-corrected chi connectivity index (χ2v) is 7.42. The van der Waals surface area contributed by atoms with Crippen LogP contribution in [-0.2, 0) is 16.1 Å². The second kappa shape index (κ2) is 10.4. The molecule has 2 N–H and O–H groups in total. The number of H-pyrrole nitrogens is 1. The fourth-order valence-corrected chi connectivity index (χ4v) is 3.12. The molecule has 0 atom stereocenters. The van der Waals surface area contributed by atoms with E-state index in [1.165, 1.54) is 28.6 Å². The standard InChI is InChI=1S/C21H20F3N5O4S/c1-28(11-17(30)25-14-5-9-16(10-6-14)33-21(22,23)24)18(31)12-29-19(26-27-20(29)34)13-3-7-15(32-2)8-4-13/h3-10H,11-12H2,1-2H3,(H,25,30)(H,27,34). The van der Waals surface area contributed by atoms with Gasteiger partial charge in [-0.25, -0.2) is 0 Å². The third kappa shape index (κ3) is 6.57. The van der Waals surface area contributed by atoms with Gasteiger partial charge in [0.1, 0.15) is 18.0 Å². The van der Waals surface area contributed by atoms with Crippen LogP contribution in [0.2, 0.25) is 0 Å². The maximum absolute atomic E-state index is 12.7. The molecule has 2 amide bonds. The van der Waals surface area contributed by atoms with Crippen LogP contribution in [0.1, 0.15) is 0 Å². The number of hydrogen-bond donors (Lipinski definition) is 2. The molecule has 34 heavy (non-hydrogen) atoms. The third-order valence-electron chi connectivity index (χ3n) is 4.58. The Morgan fingerprint density at radius 3 is 2.32 bits per heavy atom. The van der Waals surface area contributed by atoms with Crippen molar-refractivity contribution < 1.29 is 32.2 Å². The number of carbonyl (C=O) groups is 2. The topological polar surface area (TPSA) is 101 Å². The number of halogens is 3. The van der Waals surface area contributed by atoms with Gasteiger partial charge >= 0.3 is 6.36 Å². The number of anilines is 1. The van der Waals surface area contributed by atoms with Gasteiger partial charge in [-0.15, -0.1) is 13.2 Å². The fraction of sp³-hybridized carbons (Fsp3) is 0.238. The summed E-state index contributed by atoms with van der Waals surface area (Å²) in [6.07, 6.45) is -4.81. The van der Waals surface area contributed by atoms with Gasteiger partial charge in [0.2, 0.25) is 11.8 Å². The highest BCUT2D eigenvalue weighted by molar-refractivity contribution is 7.71. The monoisotopic (exact) mass is 495 g/mol. The molecule has 3 rings (SSSR count). The minimum absolute atomic E-state index is 0.163. The molecule has 9 nitrogen and oxygen atoms in total. The maximum atomic E-state index is 12.7. The summed E-state index contributed by atoms with van der Waals surface area (Å²) in [4.78, 5) is 26.2. The normalized spacial score (nSPS) is 11.1. The van der Waals surface area contributed by atoms with E-state index in [2.05, 4.69) is 20.3 Å². The molecule has 0 saturated carbocycles. The molecule has 0 bridgehead atoms. The van der Waals surface area contributed by atoms with Crippen LogP contribution in [-0.4, -0.2) is 58.5 Å². The molecule has 0 aliphatic rings. The van der Waals surface area contributed by atoms with E-state index in [0.29, 0.717) is 17.1 Å². The zero-order valence-corrected chi connectivity index (χ0v) is 18.9. The largest absolute Gasteiger partial charge is 0.573 e. The van der Waals surface area contributed by atoms with Crippen molar-refractivity contribution in [2.75, 3.05) is 26.0 Å². The number of carbonyl (C=O) groups excluding carboxylic acids is 2. The Labute approximate surface area is 197 Å². The van der Waals surface area contributed by atoms with Gasteiger partial charge in [0.05, 0.1) is 13.7 Å². The molecule has 1 heterocycles. The molecule has 0 aliphatic carbocycles. The third-order valence-corrected chi connectivity index (χ3v) is 4.89. The van der Waals surface area contributed by atoms with E-state index in [1.54, 1.807) is 31.4 Å². The average Bonchev–Trinajstić information content (AvgIpc) is 3.14. The van der Waals surface area contributed by atoms with Crippen molar-refractivity contribution >= 4 is 29.7 Å². The summed E-state index contributed by atoms with van der Waals surface area (Å²) < 4.78 is 47.4. The SMILES string of the molecule is COc1ccc(-c2n[nH]c(=S)n2CC(=O)N(C)CC(=O)Nc2ccc(OC(F)(F)F)cc2)cc1. The van der Waals surface area contributed by atoms with Gasteiger partial charge in [-0.2, -0.15) is 5.10 Å². The number of rotatable bonds is 8. The van der Waals surface area contributed by atoms with Gasteiger partial charge in [0, 0.05) is 18.3 Å². The molecule has 0 spiro atoms. The summed E-state index contributed by atoms with van der Waals surface area (Å²) in [5, 5.41) is 9.34. The minimum Gasteiger partial charge on any atom is -0.497 e. The molecule has 13 heteroatoms. The summed E-state index contributed by atoms with van der Waals surface area (Å²) in [5.74, 6) is -0.251. The predicted octanol–water partition coefficient (Wildman–Crippen LogP) is 3.61. The number of nitrogens with one attached hydrogen (secondary N) is 2. The lowest BCUT2D eigenvalue weighted by Gasteiger charge is -2.18. The van der Waals surface area contributed by atoms with Crippen LogP contribution in [0.25, 0.3) is 11.4 Å². The Balaban J connectivity index is 1.60. The summed E-state index contributed by atoms with van der Waals surface area (Å²) in [5.41, 5.74) is 0.957. The van der Waals surface area contributed by atoms with Crippen LogP contribution in [0.15, 0.2) is 48.5 Å². The Morgan fingerprint density at radius 1 is 1.12 bits per heavy atom. The van der Waals surface area contributed by atoms with Crippen molar-refractivity contribution in [2.45, 2.75) is 12.9 Å². The minimum atomic E-state index is -4.81. The van der Waals surface area contributed by atoms with E-state index in [4.69, 9.17) is 17.0 Å². The Kier molecular flexibility index (Phi) is 7.56. The lowest BCUT2D eigenvalue weighted by molar-refractivity contribution is -0.274. The van der Waals surface area contributed by atoms with Gasteiger partial charge in [-0.3, -0.25) is 19.3 Å². The van der Waals surface area contributed by atoms with Crippen molar-refractivity contribution in [3.8, 4) is 22.9 Å². The summed E-state index contributed by atoms with van der Waals surface area (Å²) in [7, 11) is 2.99. The Morgan fingerprint density at radius 2 is 1.74 bits per heavy atom. The van der Waals surface area contributed by atoms with Gasteiger partial charge in [-0.1, -0.05) is 0 Å². The number of hydrogen-bond acceptors (Lipinski definition) is 6.